The zero-order valence-electron chi connectivity index (χ0n) is 14.0. The van der Waals surface area contributed by atoms with Gasteiger partial charge in [0.1, 0.15) is 5.78 Å². The number of ketones is 1. The molecule has 0 N–H and O–H groups in total. The second kappa shape index (κ2) is 5.06. The van der Waals surface area contributed by atoms with Crippen LogP contribution in [0, 0.1) is 22.2 Å². The Hall–Kier alpha value is -0.410. The topological polar surface area (TPSA) is 35.5 Å². The summed E-state index contributed by atoms with van der Waals surface area (Å²) < 4.78 is 11.4. The lowest BCUT2D eigenvalue weighted by Gasteiger charge is -2.45. The van der Waals surface area contributed by atoms with E-state index in [1.54, 1.807) is 0 Å². The van der Waals surface area contributed by atoms with E-state index < -0.39 is 0 Å². The van der Waals surface area contributed by atoms with Crippen LogP contribution < -0.4 is 0 Å². The van der Waals surface area contributed by atoms with Gasteiger partial charge in [0.2, 0.25) is 0 Å². The predicted octanol–water partition coefficient (Wildman–Crippen LogP) is 3.95. The number of carbonyl (C=O) groups is 1. The van der Waals surface area contributed by atoms with E-state index in [-0.39, 0.29) is 22.5 Å². The van der Waals surface area contributed by atoms with Gasteiger partial charge in [-0.1, -0.05) is 13.3 Å². The van der Waals surface area contributed by atoms with Crippen molar-refractivity contribution >= 4 is 5.78 Å². The van der Waals surface area contributed by atoms with Gasteiger partial charge in [-0.3, -0.25) is 4.79 Å². The summed E-state index contributed by atoms with van der Waals surface area (Å²) in [6, 6.07) is 0. The summed E-state index contributed by atoms with van der Waals surface area (Å²) in [6.45, 7) is 9.64. The van der Waals surface area contributed by atoms with Crippen molar-refractivity contribution in [3.8, 4) is 0 Å². The molecule has 120 valence electrons. The largest absolute Gasteiger partial charge is 0.353 e. The van der Waals surface area contributed by atoms with Crippen LogP contribution in [0.25, 0.3) is 0 Å². The third-order valence-corrected chi connectivity index (χ3v) is 7.28. The molecule has 3 heteroatoms. The van der Waals surface area contributed by atoms with Crippen molar-refractivity contribution in [1.29, 1.82) is 0 Å². The van der Waals surface area contributed by atoms with Crippen LogP contribution in [0.4, 0.5) is 0 Å². The molecule has 0 radical (unpaired) electrons. The standard InChI is InChI=1S/C18H30O3/c1-5-20-14(3)21-12-16(4)15(19)11-17-8-6-9-18(16,17)10-7-13(17)2/h13-14H,5-12H2,1-4H3/t13?,14?,16-,17+,18+/m1/s1. The first kappa shape index (κ1) is 15.5. The molecular weight excluding hydrogens is 264 g/mol. The third kappa shape index (κ3) is 1.83. The van der Waals surface area contributed by atoms with E-state index in [0.29, 0.717) is 24.9 Å². The minimum Gasteiger partial charge on any atom is -0.353 e. The maximum absolute atomic E-state index is 12.9. The number of carbonyl (C=O) groups excluding carboxylic acids is 1. The second-order valence-corrected chi connectivity index (χ2v) is 7.80. The molecule has 2 unspecified atom stereocenters. The van der Waals surface area contributed by atoms with Crippen LogP contribution in [0.15, 0.2) is 0 Å². The van der Waals surface area contributed by atoms with Crippen molar-refractivity contribution in [3.05, 3.63) is 0 Å². The molecule has 3 aliphatic carbocycles. The molecule has 3 rings (SSSR count). The Balaban J connectivity index is 1.86. The molecule has 3 aliphatic rings. The molecule has 0 saturated heterocycles. The average molecular weight is 294 g/mol. The normalized spacial score (nSPS) is 46.7. The highest BCUT2D eigenvalue weighted by atomic mass is 16.7. The number of hydrogen-bond acceptors (Lipinski definition) is 3. The van der Waals surface area contributed by atoms with Gasteiger partial charge in [0.15, 0.2) is 6.29 Å². The zero-order chi connectivity index (χ0) is 15.3. The second-order valence-electron chi connectivity index (χ2n) is 7.80. The highest BCUT2D eigenvalue weighted by Gasteiger charge is 2.74. The van der Waals surface area contributed by atoms with Gasteiger partial charge in [0, 0.05) is 13.0 Å². The molecule has 3 fully saturated rings. The molecule has 0 aromatic heterocycles. The van der Waals surface area contributed by atoms with Crippen LogP contribution in [0.1, 0.15) is 66.2 Å². The summed E-state index contributed by atoms with van der Waals surface area (Å²) in [5.41, 5.74) is 0.166. The lowest BCUT2D eigenvalue weighted by Crippen LogP contribution is -2.46. The number of Topliss-reactive ketones (excluding diaryl/α,β-unsaturated/α-hetero) is 1. The first-order valence-electron chi connectivity index (χ1n) is 8.68. The van der Waals surface area contributed by atoms with E-state index >= 15 is 0 Å². The molecule has 0 aromatic rings. The highest BCUT2D eigenvalue weighted by Crippen LogP contribution is 2.77. The molecule has 3 saturated carbocycles. The van der Waals surface area contributed by atoms with Gasteiger partial charge in [-0.15, -0.1) is 0 Å². The molecule has 0 amide bonds. The molecule has 0 aliphatic heterocycles. The first-order valence-corrected chi connectivity index (χ1v) is 8.68. The van der Waals surface area contributed by atoms with Crippen molar-refractivity contribution < 1.29 is 14.3 Å². The van der Waals surface area contributed by atoms with Gasteiger partial charge >= 0.3 is 0 Å². The molecule has 0 bridgehead atoms. The van der Waals surface area contributed by atoms with Crippen molar-refractivity contribution in [1.82, 2.24) is 0 Å². The van der Waals surface area contributed by atoms with E-state index in [2.05, 4.69) is 13.8 Å². The van der Waals surface area contributed by atoms with Crippen LogP contribution in [0.3, 0.4) is 0 Å². The van der Waals surface area contributed by atoms with Crippen LogP contribution >= 0.6 is 0 Å². The smallest absolute Gasteiger partial charge is 0.154 e. The Kier molecular flexibility index (Phi) is 3.73. The molecule has 21 heavy (non-hydrogen) atoms. The van der Waals surface area contributed by atoms with E-state index in [1.807, 2.05) is 13.8 Å². The van der Waals surface area contributed by atoms with Crippen molar-refractivity contribution in [2.45, 2.75) is 72.5 Å². The van der Waals surface area contributed by atoms with Crippen LogP contribution in [0.5, 0.6) is 0 Å². The van der Waals surface area contributed by atoms with Crippen molar-refractivity contribution in [2.24, 2.45) is 22.2 Å². The summed E-state index contributed by atoms with van der Waals surface area (Å²) in [5.74, 6) is 1.13. The monoisotopic (exact) mass is 294 g/mol. The van der Waals surface area contributed by atoms with Crippen molar-refractivity contribution in [3.63, 3.8) is 0 Å². The Morgan fingerprint density at radius 1 is 1.29 bits per heavy atom. The quantitative estimate of drug-likeness (QED) is 0.720. The van der Waals surface area contributed by atoms with E-state index in [9.17, 15) is 4.79 Å². The van der Waals surface area contributed by atoms with Gasteiger partial charge in [-0.2, -0.15) is 0 Å². The SMILES string of the molecule is CCOC(C)OC[C@]1(C)C(=O)C[C@]23CCC[C@@]21CCC3C. The van der Waals surface area contributed by atoms with Crippen molar-refractivity contribution in [2.75, 3.05) is 13.2 Å². The average Bonchev–Trinajstić information content (AvgIpc) is 2.99. The molecule has 5 atom stereocenters. The molecule has 0 heterocycles. The lowest BCUT2D eigenvalue weighted by molar-refractivity contribution is -0.168. The van der Waals surface area contributed by atoms with Gasteiger partial charge < -0.3 is 9.47 Å². The molecule has 0 aromatic carbocycles. The van der Waals surface area contributed by atoms with Crippen LogP contribution in [-0.2, 0) is 14.3 Å². The number of ether oxygens (including phenoxy) is 2. The van der Waals surface area contributed by atoms with E-state index in [4.69, 9.17) is 9.47 Å². The molecule has 3 nitrogen and oxygen atoms in total. The number of rotatable bonds is 5. The maximum Gasteiger partial charge on any atom is 0.154 e. The van der Waals surface area contributed by atoms with Gasteiger partial charge in [0.05, 0.1) is 12.0 Å². The Labute approximate surface area is 128 Å². The molecular formula is C18H30O3. The fourth-order valence-corrected chi connectivity index (χ4v) is 6.09. The van der Waals surface area contributed by atoms with Gasteiger partial charge in [-0.25, -0.2) is 0 Å². The fourth-order valence-electron chi connectivity index (χ4n) is 6.09. The van der Waals surface area contributed by atoms with Gasteiger partial charge in [0.25, 0.3) is 0 Å². The van der Waals surface area contributed by atoms with Gasteiger partial charge in [-0.05, 0) is 63.2 Å². The number of hydrogen-bond donors (Lipinski definition) is 0. The summed E-state index contributed by atoms with van der Waals surface area (Å²) >= 11 is 0. The Bertz CT molecular complexity index is 434. The zero-order valence-corrected chi connectivity index (χ0v) is 14.0. The van der Waals surface area contributed by atoms with E-state index in [0.717, 1.165) is 6.42 Å². The maximum atomic E-state index is 12.9. The summed E-state index contributed by atoms with van der Waals surface area (Å²) in [5, 5.41) is 0. The predicted molar refractivity (Wildman–Crippen MR) is 81.9 cm³/mol. The minimum absolute atomic E-state index is 0.197. The van der Waals surface area contributed by atoms with Crippen LogP contribution in [-0.4, -0.2) is 25.3 Å². The summed E-state index contributed by atoms with van der Waals surface area (Å²) in [7, 11) is 0. The third-order valence-electron chi connectivity index (χ3n) is 7.28. The molecule has 0 spiro atoms. The van der Waals surface area contributed by atoms with Crippen LogP contribution in [0.2, 0.25) is 0 Å². The van der Waals surface area contributed by atoms with E-state index in [1.165, 1.54) is 32.1 Å². The lowest BCUT2D eigenvalue weighted by atomic mass is 9.58. The Morgan fingerprint density at radius 2 is 2.05 bits per heavy atom. The fraction of sp³-hybridized carbons (Fsp3) is 0.944. The summed E-state index contributed by atoms with van der Waals surface area (Å²) in [4.78, 5) is 12.9. The minimum atomic E-state index is -0.306. The highest BCUT2D eigenvalue weighted by molar-refractivity contribution is 5.90. The Morgan fingerprint density at radius 3 is 2.76 bits per heavy atom. The first-order chi connectivity index (χ1) is 9.92. The summed E-state index contributed by atoms with van der Waals surface area (Å²) in [6.07, 6.45) is 6.81.